The molecule has 1 N–H and O–H groups in total. The minimum atomic E-state index is -0.994. The van der Waals surface area contributed by atoms with Gasteiger partial charge in [-0.3, -0.25) is 9.59 Å². The van der Waals surface area contributed by atoms with E-state index in [1.54, 1.807) is 18.2 Å². The number of amides is 1. The molecule has 1 aliphatic rings. The largest absolute Gasteiger partial charge is 0.455 e. The first-order valence-corrected chi connectivity index (χ1v) is 9.21. The highest BCUT2D eigenvalue weighted by Gasteiger charge is 2.45. The Morgan fingerprint density at radius 2 is 1.70 bits per heavy atom. The van der Waals surface area contributed by atoms with Crippen LogP contribution in [0.3, 0.4) is 0 Å². The maximum absolute atomic E-state index is 14.3. The van der Waals surface area contributed by atoms with Gasteiger partial charge in [0.25, 0.3) is 5.91 Å². The number of hydrogen-bond acceptors (Lipinski definition) is 3. The second-order valence-corrected chi connectivity index (χ2v) is 7.27. The molecule has 0 radical (unpaired) electrons. The van der Waals surface area contributed by atoms with Gasteiger partial charge in [-0.05, 0) is 56.0 Å². The number of halogens is 1. The molecule has 0 aliphatic heterocycles. The predicted molar refractivity (Wildman–Crippen MR) is 102 cm³/mol. The van der Waals surface area contributed by atoms with Crippen molar-refractivity contribution in [3.8, 4) is 0 Å². The number of rotatable bonds is 5. The monoisotopic (exact) mass is 369 g/mol. The fourth-order valence-corrected chi connectivity index (χ4v) is 3.92. The van der Waals surface area contributed by atoms with Crippen molar-refractivity contribution in [1.29, 1.82) is 0 Å². The van der Waals surface area contributed by atoms with Crippen molar-refractivity contribution in [3.63, 3.8) is 0 Å². The minimum absolute atomic E-state index is 0.363. The Balaban J connectivity index is 1.68. The lowest BCUT2D eigenvalue weighted by Crippen LogP contribution is -2.37. The average Bonchev–Trinajstić information content (AvgIpc) is 3.10. The molecule has 2 aromatic rings. The summed E-state index contributed by atoms with van der Waals surface area (Å²) in [6.45, 7) is 3.50. The Labute approximate surface area is 158 Å². The second kappa shape index (κ2) is 7.91. The van der Waals surface area contributed by atoms with Crippen molar-refractivity contribution in [2.45, 2.75) is 44.9 Å². The number of nitrogens with one attached hydrogen (secondary N) is 1. The van der Waals surface area contributed by atoms with Crippen LogP contribution in [0.5, 0.6) is 0 Å². The van der Waals surface area contributed by atoms with Crippen LogP contribution in [0.15, 0.2) is 42.5 Å². The van der Waals surface area contributed by atoms with Crippen LogP contribution in [0.25, 0.3) is 0 Å². The molecule has 2 aromatic carbocycles. The summed E-state index contributed by atoms with van der Waals surface area (Å²) in [5.41, 5.74) is 2.10. The number of esters is 1. The van der Waals surface area contributed by atoms with Crippen LogP contribution in [0, 0.1) is 19.7 Å². The Hall–Kier alpha value is -2.69. The molecule has 0 atom stereocenters. The molecule has 142 valence electrons. The Kier molecular flexibility index (Phi) is 5.59. The van der Waals surface area contributed by atoms with Crippen molar-refractivity contribution >= 4 is 17.6 Å². The van der Waals surface area contributed by atoms with E-state index in [0.29, 0.717) is 24.1 Å². The van der Waals surface area contributed by atoms with Crippen molar-refractivity contribution in [2.75, 3.05) is 11.9 Å². The standard InChI is InChI=1S/C22H24FNO3/c1-15-11-16(2)13-17(12-15)24-20(25)14-27-21(26)22(9-5-6-10-22)18-7-3-4-8-19(18)23/h3-4,7-8,11-13H,5-6,9-10,14H2,1-2H3,(H,24,25). The van der Waals surface area contributed by atoms with Crippen molar-refractivity contribution in [3.05, 3.63) is 65.0 Å². The zero-order valence-corrected chi connectivity index (χ0v) is 15.7. The molecule has 0 saturated heterocycles. The van der Waals surface area contributed by atoms with Gasteiger partial charge in [-0.25, -0.2) is 4.39 Å². The second-order valence-electron chi connectivity index (χ2n) is 7.27. The first kappa shape index (κ1) is 19.1. The SMILES string of the molecule is Cc1cc(C)cc(NC(=O)COC(=O)C2(c3ccccc3F)CCCC2)c1. The van der Waals surface area contributed by atoms with Gasteiger partial charge in [-0.1, -0.05) is 37.1 Å². The van der Waals surface area contributed by atoms with Gasteiger partial charge < -0.3 is 10.1 Å². The lowest BCUT2D eigenvalue weighted by atomic mass is 9.78. The normalized spacial score (nSPS) is 15.4. The van der Waals surface area contributed by atoms with E-state index in [9.17, 15) is 14.0 Å². The molecule has 0 spiro atoms. The quantitative estimate of drug-likeness (QED) is 0.793. The highest BCUT2D eigenvalue weighted by molar-refractivity contribution is 5.94. The van der Waals surface area contributed by atoms with Gasteiger partial charge in [0.05, 0.1) is 5.41 Å². The van der Waals surface area contributed by atoms with Crippen LogP contribution in [-0.4, -0.2) is 18.5 Å². The molecular weight excluding hydrogens is 345 g/mol. The van der Waals surface area contributed by atoms with Gasteiger partial charge >= 0.3 is 5.97 Å². The zero-order chi connectivity index (χ0) is 19.4. The van der Waals surface area contributed by atoms with E-state index in [4.69, 9.17) is 4.74 Å². The van der Waals surface area contributed by atoms with E-state index in [1.165, 1.54) is 6.07 Å². The van der Waals surface area contributed by atoms with Gasteiger partial charge in [0.1, 0.15) is 5.82 Å². The third kappa shape index (κ3) is 4.18. The Morgan fingerprint density at radius 3 is 2.33 bits per heavy atom. The molecule has 3 rings (SSSR count). The minimum Gasteiger partial charge on any atom is -0.455 e. The van der Waals surface area contributed by atoms with E-state index in [0.717, 1.165) is 24.0 Å². The average molecular weight is 369 g/mol. The number of carbonyl (C=O) groups is 2. The summed E-state index contributed by atoms with van der Waals surface area (Å²) >= 11 is 0. The summed E-state index contributed by atoms with van der Waals surface area (Å²) in [6, 6.07) is 12.0. The summed E-state index contributed by atoms with van der Waals surface area (Å²) in [5, 5.41) is 2.74. The van der Waals surface area contributed by atoms with Gasteiger partial charge in [0.15, 0.2) is 6.61 Å². The zero-order valence-electron chi connectivity index (χ0n) is 15.7. The van der Waals surface area contributed by atoms with Gasteiger partial charge in [-0.15, -0.1) is 0 Å². The lowest BCUT2D eigenvalue weighted by molar-refractivity contribution is -0.153. The van der Waals surface area contributed by atoms with Crippen LogP contribution in [-0.2, 0) is 19.7 Å². The lowest BCUT2D eigenvalue weighted by Gasteiger charge is -2.27. The molecule has 0 bridgehead atoms. The summed E-state index contributed by atoms with van der Waals surface area (Å²) in [5.74, 6) is -1.34. The van der Waals surface area contributed by atoms with Gasteiger partial charge in [0, 0.05) is 11.3 Å². The predicted octanol–water partition coefficient (Wildman–Crippen LogP) is 4.44. The fraction of sp³-hybridized carbons (Fsp3) is 0.364. The molecule has 1 fully saturated rings. The highest BCUT2D eigenvalue weighted by atomic mass is 19.1. The van der Waals surface area contributed by atoms with Gasteiger partial charge in [-0.2, -0.15) is 0 Å². The summed E-state index contributed by atoms with van der Waals surface area (Å²) in [6.07, 6.45) is 2.73. The van der Waals surface area contributed by atoms with E-state index < -0.39 is 23.1 Å². The molecule has 0 aromatic heterocycles. The van der Waals surface area contributed by atoms with Crippen LogP contribution >= 0.6 is 0 Å². The summed E-state index contributed by atoms with van der Waals surface area (Å²) in [4.78, 5) is 25.0. The van der Waals surface area contributed by atoms with Crippen LogP contribution < -0.4 is 5.32 Å². The third-order valence-electron chi connectivity index (χ3n) is 5.08. The highest BCUT2D eigenvalue weighted by Crippen LogP contribution is 2.43. The molecule has 5 heteroatoms. The molecule has 0 heterocycles. The maximum Gasteiger partial charge on any atom is 0.317 e. The number of hydrogen-bond donors (Lipinski definition) is 1. The number of ether oxygens (including phenoxy) is 1. The van der Waals surface area contributed by atoms with Crippen LogP contribution in [0.4, 0.5) is 10.1 Å². The van der Waals surface area contributed by atoms with Crippen molar-refractivity contribution in [2.24, 2.45) is 0 Å². The van der Waals surface area contributed by atoms with Crippen LogP contribution in [0.1, 0.15) is 42.4 Å². The van der Waals surface area contributed by atoms with Crippen molar-refractivity contribution in [1.82, 2.24) is 0 Å². The first-order chi connectivity index (χ1) is 12.9. The Bertz CT molecular complexity index is 836. The molecule has 1 aliphatic carbocycles. The summed E-state index contributed by atoms with van der Waals surface area (Å²) in [7, 11) is 0. The molecule has 27 heavy (non-hydrogen) atoms. The van der Waals surface area contributed by atoms with Crippen LogP contribution in [0.2, 0.25) is 0 Å². The topological polar surface area (TPSA) is 55.4 Å². The van der Waals surface area contributed by atoms with E-state index in [2.05, 4.69) is 5.32 Å². The van der Waals surface area contributed by atoms with E-state index in [1.807, 2.05) is 32.0 Å². The molecule has 0 unspecified atom stereocenters. The molecule has 1 amide bonds. The first-order valence-electron chi connectivity index (χ1n) is 9.21. The molecular formula is C22H24FNO3. The summed E-state index contributed by atoms with van der Waals surface area (Å²) < 4.78 is 19.6. The number of anilines is 1. The maximum atomic E-state index is 14.3. The van der Waals surface area contributed by atoms with Crippen molar-refractivity contribution < 1.29 is 18.7 Å². The third-order valence-corrected chi connectivity index (χ3v) is 5.08. The Morgan fingerprint density at radius 1 is 1.07 bits per heavy atom. The van der Waals surface area contributed by atoms with E-state index >= 15 is 0 Å². The number of benzene rings is 2. The molecule has 4 nitrogen and oxygen atoms in total. The van der Waals surface area contributed by atoms with Gasteiger partial charge in [0.2, 0.25) is 0 Å². The number of aryl methyl sites for hydroxylation is 2. The molecule has 1 saturated carbocycles. The fourth-order valence-electron chi connectivity index (χ4n) is 3.92. The number of carbonyl (C=O) groups excluding carboxylic acids is 2. The van der Waals surface area contributed by atoms with E-state index in [-0.39, 0.29) is 6.61 Å². The smallest absolute Gasteiger partial charge is 0.317 e.